The molecule has 0 saturated carbocycles. The fourth-order valence-electron chi connectivity index (χ4n) is 3.94. The van der Waals surface area contributed by atoms with Gasteiger partial charge < -0.3 is 4.74 Å². The van der Waals surface area contributed by atoms with Crippen LogP contribution in [0, 0.1) is 6.92 Å². The van der Waals surface area contributed by atoms with Gasteiger partial charge in [0.1, 0.15) is 16.7 Å². The van der Waals surface area contributed by atoms with E-state index in [1.807, 2.05) is 6.92 Å². The van der Waals surface area contributed by atoms with E-state index >= 15 is 0 Å². The predicted octanol–water partition coefficient (Wildman–Crippen LogP) is 1.38. The van der Waals surface area contributed by atoms with Crippen LogP contribution in [0.5, 0.6) is 5.75 Å². The van der Waals surface area contributed by atoms with Gasteiger partial charge in [-0.15, -0.1) is 0 Å². The Labute approximate surface area is 184 Å². The second-order valence-corrected chi connectivity index (χ2v) is 9.70. The number of fused-ring (bicyclic) bond motifs is 1. The van der Waals surface area contributed by atoms with Gasteiger partial charge in [-0.2, -0.15) is 0 Å². The summed E-state index contributed by atoms with van der Waals surface area (Å²) in [5.41, 5.74) is 1.28. The standard InChI is InChI=1S/C22H20N2O7S/c1-12-3-7-18(17(9-12)31-2)32(29,30)11-13-4-5-14-15(10-13)22(28)24(21(14)27)16-6-8-19(25)23-20(16)26/h3-5,7,9-10,16H,6,8,11H2,1-2H3,(H,23,25,26). The maximum Gasteiger partial charge on any atom is 0.262 e. The number of imide groups is 2. The van der Waals surface area contributed by atoms with Gasteiger partial charge in [-0.05, 0) is 48.7 Å². The van der Waals surface area contributed by atoms with Crippen LogP contribution in [0.2, 0.25) is 0 Å². The van der Waals surface area contributed by atoms with Crippen molar-refractivity contribution in [2.75, 3.05) is 7.11 Å². The van der Waals surface area contributed by atoms with Crippen LogP contribution >= 0.6 is 0 Å². The number of benzene rings is 2. The molecule has 4 rings (SSSR count). The molecule has 2 heterocycles. The second kappa shape index (κ2) is 7.86. The third-order valence-electron chi connectivity index (χ3n) is 5.52. The predicted molar refractivity (Wildman–Crippen MR) is 112 cm³/mol. The number of nitrogens with zero attached hydrogens (tertiary/aromatic N) is 1. The number of hydrogen-bond acceptors (Lipinski definition) is 7. The van der Waals surface area contributed by atoms with Gasteiger partial charge in [-0.25, -0.2) is 8.42 Å². The highest BCUT2D eigenvalue weighted by Crippen LogP contribution is 2.31. The molecule has 1 N–H and O–H groups in total. The van der Waals surface area contributed by atoms with Crippen LogP contribution < -0.4 is 10.1 Å². The van der Waals surface area contributed by atoms with E-state index in [1.165, 1.54) is 31.4 Å². The van der Waals surface area contributed by atoms with Crippen molar-refractivity contribution in [2.45, 2.75) is 36.5 Å². The molecule has 32 heavy (non-hydrogen) atoms. The number of nitrogens with one attached hydrogen (secondary N) is 1. The number of hydrogen-bond donors (Lipinski definition) is 1. The van der Waals surface area contributed by atoms with Crippen molar-refractivity contribution in [2.24, 2.45) is 0 Å². The van der Waals surface area contributed by atoms with Crippen molar-refractivity contribution in [3.8, 4) is 5.75 Å². The molecule has 1 saturated heterocycles. The van der Waals surface area contributed by atoms with Crippen molar-refractivity contribution in [1.82, 2.24) is 10.2 Å². The van der Waals surface area contributed by atoms with E-state index in [4.69, 9.17) is 4.74 Å². The molecular formula is C22H20N2O7S. The minimum atomic E-state index is -3.81. The molecule has 0 radical (unpaired) electrons. The van der Waals surface area contributed by atoms with Gasteiger partial charge in [0.2, 0.25) is 11.8 Å². The molecule has 0 spiro atoms. The quantitative estimate of drug-likeness (QED) is 0.674. The molecule has 1 unspecified atom stereocenters. The third-order valence-corrected chi connectivity index (χ3v) is 7.24. The van der Waals surface area contributed by atoms with Crippen LogP contribution in [-0.4, -0.2) is 50.1 Å². The summed E-state index contributed by atoms with van der Waals surface area (Å²) >= 11 is 0. The number of carbonyl (C=O) groups is 4. The van der Waals surface area contributed by atoms with Gasteiger partial charge in [-0.3, -0.25) is 29.4 Å². The van der Waals surface area contributed by atoms with E-state index in [0.29, 0.717) is 5.56 Å². The number of sulfone groups is 1. The van der Waals surface area contributed by atoms with Gasteiger partial charge in [0.15, 0.2) is 9.84 Å². The lowest BCUT2D eigenvalue weighted by Crippen LogP contribution is -2.54. The zero-order chi connectivity index (χ0) is 23.2. The largest absolute Gasteiger partial charge is 0.495 e. The molecular weight excluding hydrogens is 436 g/mol. The second-order valence-electron chi connectivity index (χ2n) is 7.74. The van der Waals surface area contributed by atoms with Crippen LogP contribution in [0.4, 0.5) is 0 Å². The Hall–Kier alpha value is -3.53. The molecule has 0 aromatic heterocycles. The summed E-state index contributed by atoms with van der Waals surface area (Å²) in [5.74, 6) is -2.67. The average Bonchev–Trinajstić information content (AvgIpc) is 2.97. The normalized spacial score (nSPS) is 18.6. The molecule has 9 nitrogen and oxygen atoms in total. The fourth-order valence-corrected chi connectivity index (χ4v) is 5.43. The maximum absolute atomic E-state index is 13.0. The Morgan fingerprint density at radius 2 is 1.75 bits per heavy atom. The molecule has 0 aliphatic carbocycles. The Bertz CT molecular complexity index is 1280. The molecule has 1 atom stereocenters. The average molecular weight is 456 g/mol. The summed E-state index contributed by atoms with van der Waals surface area (Å²) in [6.07, 6.45) is 0.0658. The van der Waals surface area contributed by atoms with Crippen LogP contribution in [0.25, 0.3) is 0 Å². The molecule has 4 amide bonds. The number of piperidine rings is 1. The lowest BCUT2D eigenvalue weighted by atomic mass is 10.0. The fraction of sp³-hybridized carbons (Fsp3) is 0.273. The summed E-state index contributed by atoms with van der Waals surface area (Å²) in [5, 5.41) is 2.13. The summed E-state index contributed by atoms with van der Waals surface area (Å²) < 4.78 is 31.2. The SMILES string of the molecule is COc1cc(C)ccc1S(=O)(=O)Cc1ccc2c(c1)C(=O)N(C1CCC(=O)NC1=O)C2=O. The van der Waals surface area contributed by atoms with Gasteiger partial charge in [-0.1, -0.05) is 12.1 Å². The van der Waals surface area contributed by atoms with Crippen molar-refractivity contribution < 1.29 is 32.3 Å². The monoisotopic (exact) mass is 456 g/mol. The number of ether oxygens (including phenoxy) is 1. The number of methoxy groups -OCH3 is 1. The number of carbonyl (C=O) groups excluding carboxylic acids is 4. The lowest BCUT2D eigenvalue weighted by molar-refractivity contribution is -0.136. The zero-order valence-corrected chi connectivity index (χ0v) is 18.2. The van der Waals surface area contributed by atoms with Gasteiger partial charge in [0.05, 0.1) is 24.0 Å². The van der Waals surface area contributed by atoms with Crippen LogP contribution in [0.15, 0.2) is 41.3 Å². The van der Waals surface area contributed by atoms with E-state index in [2.05, 4.69) is 5.32 Å². The molecule has 166 valence electrons. The molecule has 2 aliphatic rings. The zero-order valence-electron chi connectivity index (χ0n) is 17.4. The lowest BCUT2D eigenvalue weighted by Gasteiger charge is -2.27. The van der Waals surface area contributed by atoms with Crippen LogP contribution in [-0.2, 0) is 25.2 Å². The molecule has 10 heteroatoms. The summed E-state index contributed by atoms with van der Waals surface area (Å²) in [7, 11) is -2.42. The first-order valence-corrected chi connectivity index (χ1v) is 11.5. The minimum absolute atomic E-state index is 0.0195. The number of aryl methyl sites for hydroxylation is 1. The minimum Gasteiger partial charge on any atom is -0.495 e. The Morgan fingerprint density at radius 1 is 1.03 bits per heavy atom. The highest BCUT2D eigenvalue weighted by Gasteiger charge is 2.44. The molecule has 2 aromatic rings. The van der Waals surface area contributed by atoms with Crippen LogP contribution in [0.3, 0.4) is 0 Å². The van der Waals surface area contributed by atoms with Crippen molar-refractivity contribution in [1.29, 1.82) is 0 Å². The van der Waals surface area contributed by atoms with E-state index in [-0.39, 0.29) is 34.6 Å². The highest BCUT2D eigenvalue weighted by molar-refractivity contribution is 7.90. The van der Waals surface area contributed by atoms with E-state index in [0.717, 1.165) is 10.5 Å². The number of amides is 4. The highest BCUT2D eigenvalue weighted by atomic mass is 32.2. The maximum atomic E-state index is 13.0. The smallest absolute Gasteiger partial charge is 0.262 e. The van der Waals surface area contributed by atoms with E-state index < -0.39 is 45.3 Å². The van der Waals surface area contributed by atoms with Crippen molar-refractivity contribution in [3.63, 3.8) is 0 Å². The summed E-state index contributed by atoms with van der Waals surface area (Å²) in [6, 6.07) is 7.89. The molecule has 1 fully saturated rings. The van der Waals surface area contributed by atoms with E-state index in [1.54, 1.807) is 12.1 Å². The van der Waals surface area contributed by atoms with Gasteiger partial charge in [0.25, 0.3) is 11.8 Å². The first-order valence-electron chi connectivity index (χ1n) is 9.84. The van der Waals surface area contributed by atoms with Gasteiger partial charge in [0, 0.05) is 6.42 Å². The Balaban J connectivity index is 1.63. The summed E-state index contributed by atoms with van der Waals surface area (Å²) in [6.45, 7) is 1.82. The first-order chi connectivity index (χ1) is 15.1. The van der Waals surface area contributed by atoms with Gasteiger partial charge >= 0.3 is 0 Å². The number of rotatable bonds is 5. The molecule has 0 bridgehead atoms. The Kier molecular flexibility index (Phi) is 5.33. The molecule has 2 aromatic carbocycles. The van der Waals surface area contributed by atoms with E-state index in [9.17, 15) is 27.6 Å². The topological polar surface area (TPSA) is 127 Å². The Morgan fingerprint density at radius 3 is 2.44 bits per heavy atom. The third kappa shape index (κ3) is 3.66. The van der Waals surface area contributed by atoms with Crippen molar-refractivity contribution >= 4 is 33.5 Å². The van der Waals surface area contributed by atoms with Crippen molar-refractivity contribution in [3.05, 3.63) is 58.7 Å². The van der Waals surface area contributed by atoms with Crippen LogP contribution in [0.1, 0.15) is 44.7 Å². The first kappa shape index (κ1) is 21.7. The summed E-state index contributed by atoms with van der Waals surface area (Å²) in [4.78, 5) is 50.1. The molecule has 2 aliphatic heterocycles.